The number of halogens is 1. The Kier molecular flexibility index (Phi) is 4.84. The highest BCUT2D eigenvalue weighted by molar-refractivity contribution is 6.30. The summed E-state index contributed by atoms with van der Waals surface area (Å²) in [5, 5.41) is 9.90. The zero-order valence-electron chi connectivity index (χ0n) is 14.9. The maximum Gasteiger partial charge on any atom is 0.307 e. The van der Waals surface area contributed by atoms with Gasteiger partial charge in [0, 0.05) is 18.1 Å². The number of likely N-dealkylation sites (tertiary alicyclic amines) is 1. The van der Waals surface area contributed by atoms with Crippen molar-refractivity contribution in [3.05, 3.63) is 34.9 Å². The van der Waals surface area contributed by atoms with Gasteiger partial charge in [-0.1, -0.05) is 37.6 Å². The number of piperidine rings is 1. The van der Waals surface area contributed by atoms with Crippen LogP contribution in [0.2, 0.25) is 5.02 Å². The number of carbonyl (C=O) groups is 2. The third-order valence-corrected chi connectivity index (χ3v) is 6.80. The second kappa shape index (κ2) is 6.64. The largest absolute Gasteiger partial charge is 0.481 e. The molecule has 1 aliphatic carbocycles. The molecule has 1 N–H and O–H groups in total. The van der Waals surface area contributed by atoms with Gasteiger partial charge in [-0.25, -0.2) is 0 Å². The molecule has 1 spiro atoms. The Balaban J connectivity index is 1.76. The number of amides is 1. The van der Waals surface area contributed by atoms with E-state index in [0.717, 1.165) is 37.7 Å². The third-order valence-electron chi connectivity index (χ3n) is 6.55. The van der Waals surface area contributed by atoms with E-state index in [-0.39, 0.29) is 17.2 Å². The molecule has 1 aliphatic heterocycles. The van der Waals surface area contributed by atoms with Gasteiger partial charge in [0.2, 0.25) is 5.91 Å². The van der Waals surface area contributed by atoms with Crippen molar-refractivity contribution in [2.75, 3.05) is 13.1 Å². The Labute approximate surface area is 154 Å². The van der Waals surface area contributed by atoms with Crippen LogP contribution in [0.3, 0.4) is 0 Å². The zero-order chi connectivity index (χ0) is 18.2. The molecular formula is C20H26ClNO3. The molecule has 5 heteroatoms. The summed E-state index contributed by atoms with van der Waals surface area (Å²) in [6, 6.07) is 7.61. The van der Waals surface area contributed by atoms with Gasteiger partial charge in [-0.3, -0.25) is 9.59 Å². The van der Waals surface area contributed by atoms with E-state index < -0.39 is 11.4 Å². The van der Waals surface area contributed by atoms with Crippen molar-refractivity contribution in [2.24, 2.45) is 11.3 Å². The Morgan fingerprint density at radius 2 is 1.76 bits per heavy atom. The van der Waals surface area contributed by atoms with Crippen LogP contribution in [-0.2, 0) is 15.0 Å². The standard InChI is InChI=1S/C20H26ClNO3/c1-3-20(4-2,14-5-7-15(21)8-6-14)18(25)22-11-9-19(10-12-22)13-16(19)17(23)24/h5-8,16H,3-4,9-13H2,1-2H3,(H,23,24). The van der Waals surface area contributed by atoms with Gasteiger partial charge in [0.1, 0.15) is 0 Å². The molecule has 2 aliphatic rings. The second-order valence-corrected chi connectivity index (χ2v) is 7.98. The molecule has 1 unspecified atom stereocenters. The number of rotatable bonds is 5. The van der Waals surface area contributed by atoms with E-state index in [4.69, 9.17) is 11.6 Å². The van der Waals surface area contributed by atoms with Crippen molar-refractivity contribution in [1.29, 1.82) is 0 Å². The van der Waals surface area contributed by atoms with Crippen LogP contribution < -0.4 is 0 Å². The number of hydrogen-bond acceptors (Lipinski definition) is 2. The average molecular weight is 364 g/mol. The smallest absolute Gasteiger partial charge is 0.307 e. The summed E-state index contributed by atoms with van der Waals surface area (Å²) in [6.45, 7) is 5.45. The normalized spacial score (nSPS) is 22.0. The molecule has 136 valence electrons. The highest BCUT2D eigenvalue weighted by Gasteiger charge is 2.59. The van der Waals surface area contributed by atoms with Crippen molar-refractivity contribution < 1.29 is 14.7 Å². The van der Waals surface area contributed by atoms with Crippen molar-refractivity contribution in [3.63, 3.8) is 0 Å². The van der Waals surface area contributed by atoms with Crippen LogP contribution >= 0.6 is 11.6 Å². The first kappa shape index (κ1) is 18.2. The van der Waals surface area contributed by atoms with E-state index in [1.54, 1.807) is 0 Å². The van der Waals surface area contributed by atoms with Crippen LogP contribution in [0.5, 0.6) is 0 Å². The van der Waals surface area contributed by atoms with E-state index in [0.29, 0.717) is 18.1 Å². The number of carbonyl (C=O) groups excluding carboxylic acids is 1. The second-order valence-electron chi connectivity index (χ2n) is 7.55. The first-order valence-corrected chi connectivity index (χ1v) is 9.54. The molecule has 2 fully saturated rings. The topological polar surface area (TPSA) is 57.6 Å². The van der Waals surface area contributed by atoms with Crippen molar-refractivity contribution in [2.45, 2.75) is 51.4 Å². The van der Waals surface area contributed by atoms with E-state index in [9.17, 15) is 14.7 Å². The van der Waals surface area contributed by atoms with E-state index in [1.807, 2.05) is 29.2 Å². The molecule has 1 saturated carbocycles. The number of carboxylic acid groups (broad SMARTS) is 1. The van der Waals surface area contributed by atoms with Crippen molar-refractivity contribution in [1.82, 2.24) is 4.90 Å². The predicted octanol–water partition coefficient (Wildman–Crippen LogP) is 4.11. The maximum atomic E-state index is 13.4. The fourth-order valence-corrected chi connectivity index (χ4v) is 4.69. The Bertz CT molecular complexity index is 658. The summed E-state index contributed by atoms with van der Waals surface area (Å²) < 4.78 is 0. The number of carboxylic acids is 1. The molecule has 25 heavy (non-hydrogen) atoms. The minimum atomic E-state index is -0.683. The van der Waals surface area contributed by atoms with Crippen molar-refractivity contribution >= 4 is 23.5 Å². The fraction of sp³-hybridized carbons (Fsp3) is 0.600. The molecule has 4 nitrogen and oxygen atoms in total. The number of aliphatic carboxylic acids is 1. The van der Waals surface area contributed by atoms with Crippen LogP contribution in [0.1, 0.15) is 51.5 Å². The van der Waals surface area contributed by atoms with Gasteiger partial charge in [-0.15, -0.1) is 0 Å². The van der Waals surface area contributed by atoms with Crippen LogP contribution in [0.25, 0.3) is 0 Å². The predicted molar refractivity (Wildman–Crippen MR) is 97.7 cm³/mol. The molecular weight excluding hydrogens is 338 g/mol. The van der Waals surface area contributed by atoms with Gasteiger partial charge >= 0.3 is 5.97 Å². The monoisotopic (exact) mass is 363 g/mol. The molecule has 0 bridgehead atoms. The van der Waals surface area contributed by atoms with Gasteiger partial charge in [-0.2, -0.15) is 0 Å². The van der Waals surface area contributed by atoms with Crippen LogP contribution in [0, 0.1) is 11.3 Å². The Morgan fingerprint density at radius 1 is 1.20 bits per heavy atom. The Morgan fingerprint density at radius 3 is 2.20 bits per heavy atom. The summed E-state index contributed by atoms with van der Waals surface area (Å²) in [5.41, 5.74) is 0.441. The van der Waals surface area contributed by atoms with E-state index in [2.05, 4.69) is 13.8 Å². The lowest BCUT2D eigenvalue weighted by atomic mass is 9.74. The van der Waals surface area contributed by atoms with Crippen LogP contribution in [0.15, 0.2) is 24.3 Å². The molecule has 0 aromatic heterocycles. The van der Waals surface area contributed by atoms with Crippen LogP contribution in [0.4, 0.5) is 0 Å². The highest BCUT2D eigenvalue weighted by atomic mass is 35.5. The lowest BCUT2D eigenvalue weighted by molar-refractivity contribution is -0.141. The molecule has 3 rings (SSSR count). The number of benzene rings is 1. The fourth-order valence-electron chi connectivity index (χ4n) is 4.56. The van der Waals surface area contributed by atoms with Gasteiger partial charge in [0.05, 0.1) is 11.3 Å². The SMILES string of the molecule is CCC(CC)(C(=O)N1CCC2(CC1)CC2C(=O)O)c1ccc(Cl)cc1. The average Bonchev–Trinajstić information content (AvgIpc) is 3.32. The molecule has 1 atom stereocenters. The first-order chi connectivity index (χ1) is 11.9. The van der Waals surface area contributed by atoms with Gasteiger partial charge in [0.25, 0.3) is 0 Å². The summed E-state index contributed by atoms with van der Waals surface area (Å²) in [7, 11) is 0. The van der Waals surface area contributed by atoms with Crippen LogP contribution in [-0.4, -0.2) is 35.0 Å². The van der Waals surface area contributed by atoms with Gasteiger partial charge in [-0.05, 0) is 55.2 Å². The van der Waals surface area contributed by atoms with Gasteiger partial charge < -0.3 is 10.0 Å². The molecule has 0 radical (unpaired) electrons. The lowest BCUT2D eigenvalue weighted by Gasteiger charge is -2.40. The Hall–Kier alpha value is -1.55. The zero-order valence-corrected chi connectivity index (χ0v) is 15.7. The lowest BCUT2D eigenvalue weighted by Crippen LogP contribution is -2.49. The summed E-state index contributed by atoms with van der Waals surface area (Å²) >= 11 is 6.01. The molecule has 1 aromatic carbocycles. The number of nitrogens with zero attached hydrogens (tertiary/aromatic N) is 1. The maximum absolute atomic E-state index is 13.4. The van der Waals surface area contributed by atoms with E-state index in [1.165, 1.54) is 0 Å². The van der Waals surface area contributed by atoms with Crippen molar-refractivity contribution in [3.8, 4) is 0 Å². The third kappa shape index (κ3) is 3.05. The number of hydrogen-bond donors (Lipinski definition) is 1. The first-order valence-electron chi connectivity index (χ1n) is 9.17. The minimum absolute atomic E-state index is 0.0516. The summed E-state index contributed by atoms with van der Waals surface area (Å²) in [6.07, 6.45) is 3.86. The van der Waals surface area contributed by atoms with E-state index >= 15 is 0 Å². The summed E-state index contributed by atoms with van der Waals surface area (Å²) in [4.78, 5) is 26.6. The molecule has 1 aromatic rings. The molecule has 1 saturated heterocycles. The van der Waals surface area contributed by atoms with Gasteiger partial charge in [0.15, 0.2) is 0 Å². The summed E-state index contributed by atoms with van der Waals surface area (Å²) in [5.74, 6) is -0.720. The minimum Gasteiger partial charge on any atom is -0.481 e. The highest BCUT2D eigenvalue weighted by Crippen LogP contribution is 2.59. The molecule has 1 heterocycles. The quantitative estimate of drug-likeness (QED) is 0.856. The molecule has 1 amide bonds.